The van der Waals surface area contributed by atoms with E-state index in [1.165, 1.54) is 24.8 Å². The lowest BCUT2D eigenvalue weighted by Gasteiger charge is -2.15. The van der Waals surface area contributed by atoms with Gasteiger partial charge in [-0.15, -0.1) is 0 Å². The maximum absolute atomic E-state index is 10.7. The fraction of sp³-hybridized carbons (Fsp3) is 0.533. The molecule has 108 valence electrons. The summed E-state index contributed by atoms with van der Waals surface area (Å²) in [5.41, 5.74) is 3.11. The minimum atomic E-state index is -0.592. The molecule has 0 amide bonds. The Morgan fingerprint density at radius 3 is 2.80 bits per heavy atom. The van der Waals surface area contributed by atoms with Crippen molar-refractivity contribution in [2.75, 3.05) is 0 Å². The van der Waals surface area contributed by atoms with Gasteiger partial charge in [0.2, 0.25) is 0 Å². The predicted octanol–water partition coefficient (Wildman–Crippen LogP) is 4.08. The molecule has 0 spiro atoms. The zero-order valence-electron chi connectivity index (χ0n) is 11.6. The number of rotatable bonds is 4. The Hall–Kier alpha value is -0.140. The largest absolute Gasteiger partial charge is 0.383 e. The minimum Gasteiger partial charge on any atom is -0.383 e. The molecule has 2 aliphatic carbocycles. The molecular formula is C15H18BrIN2O. The lowest BCUT2D eigenvalue weighted by Crippen LogP contribution is -2.04. The van der Waals surface area contributed by atoms with Gasteiger partial charge in [0.05, 0.1) is 0 Å². The van der Waals surface area contributed by atoms with Gasteiger partial charge in [0.15, 0.2) is 0 Å². The maximum atomic E-state index is 10.7. The number of aromatic nitrogens is 2. The van der Waals surface area contributed by atoms with Gasteiger partial charge in [-0.2, -0.15) is 5.10 Å². The fourth-order valence-corrected chi connectivity index (χ4v) is 4.52. The van der Waals surface area contributed by atoms with Crippen LogP contribution in [0.4, 0.5) is 0 Å². The molecule has 2 atom stereocenters. The first-order valence-corrected chi connectivity index (χ1v) is 8.80. The Bertz CT molecular complexity index is 601. The van der Waals surface area contributed by atoms with Crippen molar-refractivity contribution < 1.29 is 5.11 Å². The molecule has 0 saturated heterocycles. The quantitative estimate of drug-likeness (QED) is 0.704. The van der Waals surface area contributed by atoms with Gasteiger partial charge in [-0.3, -0.25) is 4.68 Å². The summed E-state index contributed by atoms with van der Waals surface area (Å²) in [6.45, 7) is 2.09. The Kier molecular flexibility index (Phi) is 4.12. The second-order valence-electron chi connectivity index (χ2n) is 5.85. The third-order valence-corrected chi connectivity index (χ3v) is 5.97. The third-order valence-electron chi connectivity index (χ3n) is 4.12. The third kappa shape index (κ3) is 2.76. The van der Waals surface area contributed by atoms with Gasteiger partial charge in [-0.1, -0.05) is 34.8 Å². The van der Waals surface area contributed by atoms with E-state index in [2.05, 4.69) is 56.6 Å². The molecular weight excluding hydrogens is 431 g/mol. The van der Waals surface area contributed by atoms with Crippen molar-refractivity contribution in [1.29, 1.82) is 0 Å². The van der Waals surface area contributed by atoms with Crippen LogP contribution in [-0.2, 0) is 7.05 Å². The van der Waals surface area contributed by atoms with Crippen LogP contribution in [0.5, 0.6) is 0 Å². The zero-order valence-corrected chi connectivity index (χ0v) is 15.3. The predicted molar refractivity (Wildman–Crippen MR) is 91.4 cm³/mol. The smallest absolute Gasteiger partial charge is 0.129 e. The first-order valence-electron chi connectivity index (χ1n) is 6.92. The lowest BCUT2D eigenvalue weighted by molar-refractivity contribution is 0.217. The average molecular weight is 449 g/mol. The van der Waals surface area contributed by atoms with Crippen LogP contribution in [0.25, 0.3) is 0 Å². The van der Waals surface area contributed by atoms with Crippen molar-refractivity contribution >= 4 is 38.5 Å². The van der Waals surface area contributed by atoms with Crippen LogP contribution >= 0.6 is 38.5 Å². The second-order valence-corrected chi connectivity index (χ2v) is 7.72. The van der Waals surface area contributed by atoms with Crippen molar-refractivity contribution in [1.82, 2.24) is 9.78 Å². The standard InChI is InChI=1S/C15H18BrIN2O/c1-8-5-10(6-9-3-4-9)13(16)12(8)14(20)11-7-19(2)18-15(11)17/h5,7,9-10,14,20H,3-4,6H2,1-2H3. The van der Waals surface area contributed by atoms with Gasteiger partial charge in [-0.05, 0) is 53.0 Å². The maximum Gasteiger partial charge on any atom is 0.129 e. The number of hydrogen-bond acceptors (Lipinski definition) is 2. The zero-order chi connectivity index (χ0) is 14.4. The first-order chi connectivity index (χ1) is 9.47. The van der Waals surface area contributed by atoms with Crippen molar-refractivity contribution in [3.05, 3.63) is 37.2 Å². The van der Waals surface area contributed by atoms with E-state index in [4.69, 9.17) is 0 Å². The van der Waals surface area contributed by atoms with E-state index in [9.17, 15) is 5.11 Å². The van der Waals surface area contributed by atoms with Crippen molar-refractivity contribution in [2.45, 2.75) is 32.3 Å². The highest BCUT2D eigenvalue weighted by atomic mass is 127. The van der Waals surface area contributed by atoms with E-state index in [1.807, 2.05) is 13.2 Å². The number of aliphatic hydroxyl groups excluding tert-OH is 1. The molecule has 5 heteroatoms. The molecule has 2 unspecified atom stereocenters. The summed E-state index contributed by atoms with van der Waals surface area (Å²) in [5.74, 6) is 1.33. The van der Waals surface area contributed by atoms with Gasteiger partial charge in [-0.25, -0.2) is 0 Å². The molecule has 1 aromatic heterocycles. The van der Waals surface area contributed by atoms with Crippen LogP contribution in [-0.4, -0.2) is 14.9 Å². The molecule has 0 aliphatic heterocycles. The summed E-state index contributed by atoms with van der Waals surface area (Å²) in [6.07, 6.45) is 7.54. The number of allylic oxidation sites excluding steroid dienone is 2. The van der Waals surface area contributed by atoms with E-state index in [0.29, 0.717) is 5.92 Å². The summed E-state index contributed by atoms with van der Waals surface area (Å²) >= 11 is 5.92. The van der Waals surface area contributed by atoms with Gasteiger partial charge in [0, 0.05) is 29.2 Å². The van der Waals surface area contributed by atoms with Gasteiger partial charge in [0.1, 0.15) is 9.80 Å². The molecule has 3 rings (SSSR count). The van der Waals surface area contributed by atoms with E-state index < -0.39 is 6.10 Å². The molecule has 1 saturated carbocycles. The van der Waals surface area contributed by atoms with Crippen molar-refractivity contribution in [3.63, 3.8) is 0 Å². The summed E-state index contributed by atoms with van der Waals surface area (Å²) < 4.78 is 3.78. The molecule has 1 fully saturated rings. The number of halogens is 2. The van der Waals surface area contributed by atoms with Crippen LogP contribution in [0.2, 0.25) is 0 Å². The highest BCUT2D eigenvalue weighted by Crippen LogP contribution is 2.47. The van der Waals surface area contributed by atoms with Crippen molar-refractivity contribution in [3.8, 4) is 0 Å². The second kappa shape index (κ2) is 5.57. The fourth-order valence-electron chi connectivity index (χ4n) is 2.90. The summed E-state index contributed by atoms with van der Waals surface area (Å²) in [7, 11) is 1.88. The van der Waals surface area contributed by atoms with Gasteiger partial charge in [0.25, 0.3) is 0 Å². The van der Waals surface area contributed by atoms with E-state index >= 15 is 0 Å². The topological polar surface area (TPSA) is 38.0 Å². The number of aryl methyl sites for hydroxylation is 1. The Morgan fingerprint density at radius 1 is 1.55 bits per heavy atom. The minimum absolute atomic E-state index is 0.446. The van der Waals surface area contributed by atoms with Crippen LogP contribution in [0.3, 0.4) is 0 Å². The summed E-state index contributed by atoms with van der Waals surface area (Å²) in [6, 6.07) is 0. The van der Waals surface area contributed by atoms with Crippen LogP contribution < -0.4 is 0 Å². The molecule has 1 aromatic rings. The Balaban J connectivity index is 1.89. The molecule has 2 aliphatic rings. The molecule has 0 bridgehead atoms. The normalized spacial score (nSPS) is 24.2. The Morgan fingerprint density at radius 2 is 2.25 bits per heavy atom. The summed E-state index contributed by atoms with van der Waals surface area (Å²) in [5, 5.41) is 15.1. The monoisotopic (exact) mass is 448 g/mol. The molecule has 0 aromatic carbocycles. The molecule has 3 nitrogen and oxygen atoms in total. The average Bonchev–Trinajstić information content (AvgIpc) is 3.05. The van der Waals surface area contributed by atoms with Gasteiger partial charge >= 0.3 is 0 Å². The number of nitrogens with zero attached hydrogens (tertiary/aromatic N) is 2. The van der Waals surface area contributed by atoms with Crippen molar-refractivity contribution in [2.24, 2.45) is 18.9 Å². The van der Waals surface area contributed by atoms with E-state index in [-0.39, 0.29) is 0 Å². The van der Waals surface area contributed by atoms with Gasteiger partial charge < -0.3 is 5.11 Å². The van der Waals surface area contributed by atoms with Crippen LogP contribution in [0.1, 0.15) is 37.9 Å². The SMILES string of the molecule is CC1=CC(CC2CC2)C(Br)=C1C(O)c1cn(C)nc1I. The van der Waals surface area contributed by atoms with Crippen LogP contribution in [0, 0.1) is 15.5 Å². The molecule has 20 heavy (non-hydrogen) atoms. The highest BCUT2D eigenvalue weighted by Gasteiger charge is 2.33. The van der Waals surface area contributed by atoms with E-state index in [1.54, 1.807) is 4.68 Å². The lowest BCUT2D eigenvalue weighted by atomic mass is 10.00. The molecule has 0 radical (unpaired) electrons. The number of aliphatic hydroxyl groups is 1. The van der Waals surface area contributed by atoms with Crippen LogP contribution in [0.15, 0.2) is 27.9 Å². The molecule has 1 heterocycles. The molecule has 1 N–H and O–H groups in total. The highest BCUT2D eigenvalue weighted by molar-refractivity contribution is 14.1. The van der Waals surface area contributed by atoms with E-state index in [0.717, 1.165) is 25.2 Å². The summed E-state index contributed by atoms with van der Waals surface area (Å²) in [4.78, 5) is 0. The number of hydrogen-bond donors (Lipinski definition) is 1. The Labute approximate surface area is 141 Å². The first kappa shape index (κ1) is 14.8.